The largest absolute Gasteiger partial charge is 0.366 e. The molecule has 98 valence electrons. The second kappa shape index (κ2) is 6.36. The minimum Gasteiger partial charge on any atom is -0.366 e. The molecule has 0 aromatic heterocycles. The molecule has 6 nitrogen and oxygen atoms in total. The predicted octanol–water partition coefficient (Wildman–Crippen LogP) is 1.27. The SMILES string of the molecule is CC(N)CSCc1ccc(C(N)=O)cc1[N+](=O)[O-]. The molecule has 0 spiro atoms. The summed E-state index contributed by atoms with van der Waals surface area (Å²) in [7, 11) is 0. The summed E-state index contributed by atoms with van der Waals surface area (Å²) in [5.74, 6) is 0.527. The summed E-state index contributed by atoms with van der Waals surface area (Å²) < 4.78 is 0. The van der Waals surface area contributed by atoms with Gasteiger partial charge in [-0.1, -0.05) is 6.07 Å². The van der Waals surface area contributed by atoms with Crippen molar-refractivity contribution < 1.29 is 9.72 Å². The van der Waals surface area contributed by atoms with Crippen molar-refractivity contribution in [2.75, 3.05) is 5.75 Å². The number of primary amides is 1. The monoisotopic (exact) mass is 269 g/mol. The van der Waals surface area contributed by atoms with Gasteiger partial charge in [-0.15, -0.1) is 0 Å². The molecule has 0 aliphatic carbocycles. The van der Waals surface area contributed by atoms with Crippen LogP contribution in [0.5, 0.6) is 0 Å². The minimum atomic E-state index is -0.673. The topological polar surface area (TPSA) is 112 Å². The summed E-state index contributed by atoms with van der Waals surface area (Å²) in [6.45, 7) is 1.87. The van der Waals surface area contributed by atoms with Crippen LogP contribution in [-0.2, 0) is 5.75 Å². The van der Waals surface area contributed by atoms with Gasteiger partial charge in [0.15, 0.2) is 0 Å². The van der Waals surface area contributed by atoms with Crippen molar-refractivity contribution in [3.05, 3.63) is 39.4 Å². The molecule has 0 fully saturated rings. The van der Waals surface area contributed by atoms with Crippen LogP contribution < -0.4 is 11.5 Å². The Morgan fingerprint density at radius 1 is 1.56 bits per heavy atom. The van der Waals surface area contributed by atoms with Crippen LogP contribution in [0.15, 0.2) is 18.2 Å². The molecule has 0 bridgehead atoms. The average Bonchev–Trinajstić information content (AvgIpc) is 2.28. The van der Waals surface area contributed by atoms with E-state index in [0.717, 1.165) is 0 Å². The molecule has 0 aliphatic heterocycles. The van der Waals surface area contributed by atoms with Gasteiger partial charge in [-0.3, -0.25) is 14.9 Å². The van der Waals surface area contributed by atoms with E-state index in [4.69, 9.17) is 11.5 Å². The third-order valence-electron chi connectivity index (χ3n) is 2.20. The van der Waals surface area contributed by atoms with Gasteiger partial charge < -0.3 is 11.5 Å². The molecular formula is C11H15N3O3S. The van der Waals surface area contributed by atoms with E-state index in [9.17, 15) is 14.9 Å². The van der Waals surface area contributed by atoms with Crippen molar-refractivity contribution >= 4 is 23.4 Å². The molecule has 4 N–H and O–H groups in total. The number of carbonyl (C=O) groups excluding carboxylic acids is 1. The first kappa shape index (κ1) is 14.5. The highest BCUT2D eigenvalue weighted by Crippen LogP contribution is 2.24. The number of nitro benzene ring substituents is 1. The van der Waals surface area contributed by atoms with Crippen molar-refractivity contribution in [2.45, 2.75) is 18.7 Å². The van der Waals surface area contributed by atoms with Crippen LogP contribution in [0.25, 0.3) is 0 Å². The number of amides is 1. The fourth-order valence-electron chi connectivity index (χ4n) is 1.36. The van der Waals surface area contributed by atoms with Gasteiger partial charge in [-0.05, 0) is 13.0 Å². The molecule has 1 rings (SSSR count). The number of nitrogens with zero attached hydrogens (tertiary/aromatic N) is 1. The van der Waals surface area contributed by atoms with Crippen LogP contribution in [0, 0.1) is 10.1 Å². The molecule has 0 radical (unpaired) electrons. The number of hydrogen-bond donors (Lipinski definition) is 2. The summed E-state index contributed by atoms with van der Waals surface area (Å²) >= 11 is 1.51. The van der Waals surface area contributed by atoms with Gasteiger partial charge in [0.2, 0.25) is 5.91 Å². The Hall–Kier alpha value is -1.60. The third-order valence-corrected chi connectivity index (χ3v) is 3.48. The first-order valence-corrected chi connectivity index (χ1v) is 6.47. The lowest BCUT2D eigenvalue weighted by Crippen LogP contribution is -2.17. The van der Waals surface area contributed by atoms with Crippen LogP contribution >= 0.6 is 11.8 Å². The van der Waals surface area contributed by atoms with Crippen molar-refractivity contribution in [3.8, 4) is 0 Å². The standard InChI is InChI=1S/C11H15N3O3S/c1-7(12)5-18-6-9-3-2-8(11(13)15)4-10(9)14(16)17/h2-4,7H,5-6,12H2,1H3,(H2,13,15). The second-order valence-corrected chi connectivity index (χ2v) is 4.99. The summed E-state index contributed by atoms with van der Waals surface area (Å²) in [5.41, 5.74) is 11.3. The minimum absolute atomic E-state index is 0.0407. The molecule has 1 aromatic rings. The van der Waals surface area contributed by atoms with Crippen LogP contribution in [0.3, 0.4) is 0 Å². The lowest BCUT2D eigenvalue weighted by atomic mass is 10.1. The third kappa shape index (κ3) is 4.01. The summed E-state index contributed by atoms with van der Waals surface area (Å²) in [5, 5.41) is 10.9. The zero-order chi connectivity index (χ0) is 13.7. The lowest BCUT2D eigenvalue weighted by molar-refractivity contribution is -0.385. The van der Waals surface area contributed by atoms with Crippen LogP contribution in [0.4, 0.5) is 5.69 Å². The van der Waals surface area contributed by atoms with E-state index in [2.05, 4.69) is 0 Å². The molecule has 0 saturated carbocycles. The molecule has 1 unspecified atom stereocenters. The lowest BCUT2D eigenvalue weighted by Gasteiger charge is -2.06. The fraction of sp³-hybridized carbons (Fsp3) is 0.364. The number of carbonyl (C=O) groups is 1. The average molecular weight is 269 g/mol. The highest BCUT2D eigenvalue weighted by atomic mass is 32.2. The van der Waals surface area contributed by atoms with E-state index in [0.29, 0.717) is 17.1 Å². The zero-order valence-electron chi connectivity index (χ0n) is 9.96. The summed E-state index contributed by atoms with van der Waals surface area (Å²) in [4.78, 5) is 21.4. The van der Waals surface area contributed by atoms with E-state index in [1.165, 1.54) is 23.9 Å². The van der Waals surface area contributed by atoms with Gasteiger partial charge in [0.05, 0.1) is 4.92 Å². The van der Waals surface area contributed by atoms with Crippen molar-refractivity contribution in [1.82, 2.24) is 0 Å². The van der Waals surface area contributed by atoms with Crippen molar-refractivity contribution in [3.63, 3.8) is 0 Å². The van der Waals surface area contributed by atoms with Gasteiger partial charge in [0.1, 0.15) is 0 Å². The van der Waals surface area contributed by atoms with Gasteiger partial charge in [0.25, 0.3) is 5.69 Å². The van der Waals surface area contributed by atoms with Crippen LogP contribution in [0.1, 0.15) is 22.8 Å². The smallest absolute Gasteiger partial charge is 0.274 e. The number of hydrogen-bond acceptors (Lipinski definition) is 5. The number of nitrogens with two attached hydrogens (primary N) is 2. The molecule has 7 heteroatoms. The summed E-state index contributed by atoms with van der Waals surface area (Å²) in [6, 6.07) is 4.31. The number of rotatable bonds is 6. The Kier molecular flexibility index (Phi) is 5.11. The first-order valence-electron chi connectivity index (χ1n) is 5.32. The highest BCUT2D eigenvalue weighted by Gasteiger charge is 2.16. The maximum absolute atomic E-state index is 11.0. The molecular weight excluding hydrogens is 254 g/mol. The Labute approximate surface area is 109 Å². The Morgan fingerprint density at radius 3 is 2.72 bits per heavy atom. The molecule has 1 aromatic carbocycles. The first-order chi connectivity index (χ1) is 8.41. The number of benzene rings is 1. The molecule has 1 amide bonds. The maximum atomic E-state index is 11.0. The number of thioether (sulfide) groups is 1. The van der Waals surface area contributed by atoms with Gasteiger partial charge in [-0.25, -0.2) is 0 Å². The molecule has 0 aliphatic rings. The van der Waals surface area contributed by atoms with Gasteiger partial charge in [-0.2, -0.15) is 11.8 Å². The molecule has 0 heterocycles. The van der Waals surface area contributed by atoms with E-state index < -0.39 is 10.8 Å². The fourth-order valence-corrected chi connectivity index (χ4v) is 2.32. The molecule has 0 saturated heterocycles. The predicted molar refractivity (Wildman–Crippen MR) is 71.4 cm³/mol. The van der Waals surface area contributed by atoms with E-state index in [1.807, 2.05) is 6.92 Å². The quantitative estimate of drug-likeness (QED) is 0.596. The highest BCUT2D eigenvalue weighted by molar-refractivity contribution is 7.98. The molecule has 1 atom stereocenters. The Balaban J connectivity index is 2.90. The second-order valence-electron chi connectivity index (χ2n) is 3.96. The van der Waals surface area contributed by atoms with Crippen molar-refractivity contribution in [1.29, 1.82) is 0 Å². The Bertz CT molecular complexity index is 463. The van der Waals surface area contributed by atoms with Gasteiger partial charge >= 0.3 is 0 Å². The maximum Gasteiger partial charge on any atom is 0.274 e. The van der Waals surface area contributed by atoms with Crippen molar-refractivity contribution in [2.24, 2.45) is 11.5 Å². The van der Waals surface area contributed by atoms with Crippen LogP contribution in [0.2, 0.25) is 0 Å². The summed E-state index contributed by atoms with van der Waals surface area (Å²) in [6.07, 6.45) is 0. The normalized spacial score (nSPS) is 12.1. The number of nitro groups is 1. The van der Waals surface area contributed by atoms with E-state index in [1.54, 1.807) is 6.07 Å². The van der Waals surface area contributed by atoms with E-state index >= 15 is 0 Å². The van der Waals surface area contributed by atoms with Gasteiger partial charge in [0, 0.05) is 34.7 Å². The zero-order valence-corrected chi connectivity index (χ0v) is 10.8. The van der Waals surface area contributed by atoms with E-state index in [-0.39, 0.29) is 17.3 Å². The Morgan fingerprint density at radius 2 is 2.22 bits per heavy atom. The molecule has 18 heavy (non-hydrogen) atoms. The van der Waals surface area contributed by atoms with Crippen LogP contribution in [-0.4, -0.2) is 22.6 Å².